The predicted octanol–water partition coefficient (Wildman–Crippen LogP) is 0.0918. The Morgan fingerprint density at radius 3 is 2.40 bits per heavy atom. The predicted molar refractivity (Wildman–Crippen MR) is 62.5 cm³/mol. The van der Waals surface area contributed by atoms with Crippen molar-refractivity contribution < 1.29 is 8.42 Å². The Kier molecular flexibility index (Phi) is 5.02. The molecule has 0 aromatic heterocycles. The van der Waals surface area contributed by atoms with Gasteiger partial charge in [0, 0.05) is 6.26 Å². The largest absolute Gasteiger partial charge is 0.330 e. The van der Waals surface area contributed by atoms with Gasteiger partial charge in [-0.15, -0.1) is 0 Å². The molecule has 0 spiro atoms. The molecule has 0 aliphatic carbocycles. The maximum Gasteiger partial charge on any atom is 0.147 e. The molecule has 0 bridgehead atoms. The minimum Gasteiger partial charge on any atom is -0.330 e. The summed E-state index contributed by atoms with van der Waals surface area (Å²) in [6, 6.07) is 0. The fraction of sp³-hybridized carbons (Fsp3) is 1.00. The van der Waals surface area contributed by atoms with Crippen LogP contribution in [-0.4, -0.2) is 51.5 Å². The Morgan fingerprint density at radius 2 is 1.93 bits per heavy atom. The third-order valence-electron chi connectivity index (χ3n) is 3.03. The molecule has 1 rings (SSSR count). The van der Waals surface area contributed by atoms with E-state index in [4.69, 9.17) is 5.73 Å². The molecule has 0 aromatic rings. The first-order valence-corrected chi connectivity index (χ1v) is 7.67. The molecule has 0 aromatic carbocycles. The van der Waals surface area contributed by atoms with Gasteiger partial charge >= 0.3 is 0 Å². The highest BCUT2D eigenvalue weighted by molar-refractivity contribution is 7.90. The third kappa shape index (κ3) is 5.49. The van der Waals surface area contributed by atoms with Crippen LogP contribution in [0.5, 0.6) is 0 Å². The fourth-order valence-corrected chi connectivity index (χ4v) is 2.65. The minimum absolute atomic E-state index is 0.309. The first-order valence-electron chi connectivity index (χ1n) is 5.61. The molecule has 0 atom stereocenters. The quantitative estimate of drug-likeness (QED) is 0.732. The van der Waals surface area contributed by atoms with Crippen molar-refractivity contribution in [2.24, 2.45) is 11.7 Å². The summed E-state index contributed by atoms with van der Waals surface area (Å²) in [4.78, 5) is 2.34. The van der Waals surface area contributed by atoms with Gasteiger partial charge in [0.05, 0.1) is 5.75 Å². The van der Waals surface area contributed by atoms with Crippen LogP contribution in [0.3, 0.4) is 0 Å². The van der Waals surface area contributed by atoms with Gasteiger partial charge in [0.2, 0.25) is 0 Å². The van der Waals surface area contributed by atoms with E-state index in [1.807, 2.05) is 0 Å². The average molecular weight is 234 g/mol. The minimum atomic E-state index is -2.79. The maximum absolute atomic E-state index is 10.9. The molecule has 1 aliphatic rings. The SMILES string of the molecule is CS(=O)(=O)CCCN1CCC(CN)CC1. The molecule has 1 heterocycles. The highest BCUT2D eigenvalue weighted by Crippen LogP contribution is 2.15. The summed E-state index contributed by atoms with van der Waals surface area (Å²) in [7, 11) is -2.79. The van der Waals surface area contributed by atoms with Crippen LogP contribution in [0.4, 0.5) is 0 Å². The Balaban J connectivity index is 2.14. The van der Waals surface area contributed by atoms with Gasteiger partial charge in [-0.3, -0.25) is 0 Å². The summed E-state index contributed by atoms with van der Waals surface area (Å²) >= 11 is 0. The number of nitrogens with zero attached hydrogens (tertiary/aromatic N) is 1. The van der Waals surface area contributed by atoms with Gasteiger partial charge in [-0.1, -0.05) is 0 Å². The van der Waals surface area contributed by atoms with E-state index in [0.29, 0.717) is 11.7 Å². The van der Waals surface area contributed by atoms with E-state index in [9.17, 15) is 8.42 Å². The first-order chi connectivity index (χ1) is 7.01. The number of sulfone groups is 1. The van der Waals surface area contributed by atoms with E-state index in [2.05, 4.69) is 4.90 Å². The lowest BCUT2D eigenvalue weighted by atomic mass is 9.97. The second-order valence-electron chi connectivity index (χ2n) is 4.50. The first kappa shape index (κ1) is 12.9. The fourth-order valence-electron chi connectivity index (χ4n) is 2.00. The molecule has 1 saturated heterocycles. The lowest BCUT2D eigenvalue weighted by Crippen LogP contribution is -2.37. The van der Waals surface area contributed by atoms with Gasteiger partial charge < -0.3 is 10.6 Å². The van der Waals surface area contributed by atoms with Crippen LogP contribution in [0.25, 0.3) is 0 Å². The van der Waals surface area contributed by atoms with Crippen molar-refractivity contribution >= 4 is 9.84 Å². The standard InChI is InChI=1S/C10H22N2O2S/c1-15(13,14)8-2-5-12-6-3-10(9-11)4-7-12/h10H,2-9,11H2,1H3. The lowest BCUT2D eigenvalue weighted by Gasteiger charge is -2.31. The third-order valence-corrected chi connectivity index (χ3v) is 4.06. The van der Waals surface area contributed by atoms with Crippen molar-refractivity contribution in [2.75, 3.05) is 38.2 Å². The second kappa shape index (κ2) is 5.82. The van der Waals surface area contributed by atoms with Gasteiger partial charge in [-0.05, 0) is 51.4 Å². The van der Waals surface area contributed by atoms with E-state index in [1.165, 1.54) is 6.26 Å². The monoisotopic (exact) mass is 234 g/mol. The smallest absolute Gasteiger partial charge is 0.147 e. The van der Waals surface area contributed by atoms with Crippen LogP contribution >= 0.6 is 0 Å². The highest BCUT2D eigenvalue weighted by atomic mass is 32.2. The summed E-state index contributed by atoms with van der Waals surface area (Å²) in [6.07, 6.45) is 4.38. The van der Waals surface area contributed by atoms with E-state index in [0.717, 1.165) is 45.4 Å². The van der Waals surface area contributed by atoms with Gasteiger partial charge in [0.15, 0.2) is 0 Å². The zero-order valence-corrected chi connectivity index (χ0v) is 10.3. The van der Waals surface area contributed by atoms with Gasteiger partial charge in [-0.2, -0.15) is 0 Å². The van der Waals surface area contributed by atoms with Crippen LogP contribution in [-0.2, 0) is 9.84 Å². The molecule has 0 saturated carbocycles. The van der Waals surface area contributed by atoms with Crippen LogP contribution < -0.4 is 5.73 Å². The molecule has 15 heavy (non-hydrogen) atoms. The number of hydrogen-bond acceptors (Lipinski definition) is 4. The Hall–Kier alpha value is -0.130. The number of likely N-dealkylation sites (tertiary alicyclic amines) is 1. The van der Waals surface area contributed by atoms with Crippen molar-refractivity contribution in [1.29, 1.82) is 0 Å². The summed E-state index contributed by atoms with van der Waals surface area (Å²) in [5.74, 6) is 0.986. The van der Waals surface area contributed by atoms with E-state index < -0.39 is 9.84 Å². The Bertz CT molecular complexity index is 269. The molecule has 1 fully saturated rings. The number of piperidine rings is 1. The zero-order chi connectivity index (χ0) is 11.3. The number of rotatable bonds is 5. The Labute approximate surface area is 92.7 Å². The zero-order valence-electron chi connectivity index (χ0n) is 9.48. The summed E-state index contributed by atoms with van der Waals surface area (Å²) in [6.45, 7) is 3.85. The summed E-state index contributed by atoms with van der Waals surface area (Å²) in [5, 5.41) is 0. The number of nitrogens with two attached hydrogens (primary N) is 1. The topological polar surface area (TPSA) is 63.4 Å². The molecular formula is C10H22N2O2S. The summed E-state index contributed by atoms with van der Waals surface area (Å²) in [5.41, 5.74) is 5.61. The van der Waals surface area contributed by atoms with Crippen molar-refractivity contribution in [2.45, 2.75) is 19.3 Å². The lowest BCUT2D eigenvalue weighted by molar-refractivity contribution is 0.188. The number of hydrogen-bond donors (Lipinski definition) is 1. The van der Waals surface area contributed by atoms with Crippen molar-refractivity contribution in [3.63, 3.8) is 0 Å². The van der Waals surface area contributed by atoms with Crippen LogP contribution in [0.2, 0.25) is 0 Å². The van der Waals surface area contributed by atoms with E-state index >= 15 is 0 Å². The maximum atomic E-state index is 10.9. The van der Waals surface area contributed by atoms with Crippen molar-refractivity contribution in [3.05, 3.63) is 0 Å². The molecule has 1 aliphatic heterocycles. The van der Waals surface area contributed by atoms with Crippen LogP contribution in [0.15, 0.2) is 0 Å². The molecule has 5 heteroatoms. The average Bonchev–Trinajstić information content (AvgIpc) is 2.17. The van der Waals surface area contributed by atoms with Gasteiger partial charge in [-0.25, -0.2) is 8.42 Å². The molecule has 90 valence electrons. The van der Waals surface area contributed by atoms with Gasteiger partial charge in [0.1, 0.15) is 9.84 Å². The van der Waals surface area contributed by atoms with E-state index in [-0.39, 0.29) is 0 Å². The van der Waals surface area contributed by atoms with Crippen molar-refractivity contribution in [1.82, 2.24) is 4.90 Å². The van der Waals surface area contributed by atoms with Crippen LogP contribution in [0.1, 0.15) is 19.3 Å². The molecule has 0 radical (unpaired) electrons. The molecule has 0 unspecified atom stereocenters. The highest BCUT2D eigenvalue weighted by Gasteiger charge is 2.17. The molecule has 4 nitrogen and oxygen atoms in total. The second-order valence-corrected chi connectivity index (χ2v) is 6.76. The van der Waals surface area contributed by atoms with E-state index in [1.54, 1.807) is 0 Å². The van der Waals surface area contributed by atoms with Gasteiger partial charge in [0.25, 0.3) is 0 Å². The van der Waals surface area contributed by atoms with Crippen LogP contribution in [0, 0.1) is 5.92 Å². The molecule has 2 N–H and O–H groups in total. The molecular weight excluding hydrogens is 212 g/mol. The Morgan fingerprint density at radius 1 is 1.33 bits per heavy atom. The summed E-state index contributed by atoms with van der Waals surface area (Å²) < 4.78 is 21.9. The normalized spacial score (nSPS) is 20.7. The molecule has 0 amide bonds. The van der Waals surface area contributed by atoms with Crippen molar-refractivity contribution in [3.8, 4) is 0 Å².